The minimum Gasteiger partial charge on any atom is -0.393 e. The lowest BCUT2D eigenvalue weighted by molar-refractivity contribution is 0.0186. The fourth-order valence-electron chi connectivity index (χ4n) is 1.95. The van der Waals surface area contributed by atoms with E-state index in [1.807, 2.05) is 18.2 Å². The van der Waals surface area contributed by atoms with E-state index in [9.17, 15) is 0 Å². The summed E-state index contributed by atoms with van der Waals surface area (Å²) in [5.74, 6) is 0.691. The number of aliphatic hydroxyl groups excluding tert-OH is 1. The van der Waals surface area contributed by atoms with Crippen molar-refractivity contribution < 1.29 is 9.84 Å². The van der Waals surface area contributed by atoms with Gasteiger partial charge in [0.05, 0.1) is 12.7 Å². The van der Waals surface area contributed by atoms with Gasteiger partial charge in [0.2, 0.25) is 0 Å². The molecule has 1 aliphatic rings. The molecule has 0 aliphatic heterocycles. The predicted molar refractivity (Wildman–Crippen MR) is 59.4 cm³/mol. The van der Waals surface area contributed by atoms with Crippen LogP contribution in [0.15, 0.2) is 30.3 Å². The van der Waals surface area contributed by atoms with Gasteiger partial charge in [-0.15, -0.1) is 0 Å². The summed E-state index contributed by atoms with van der Waals surface area (Å²) in [7, 11) is 0. The monoisotopic (exact) mass is 206 g/mol. The zero-order chi connectivity index (χ0) is 10.5. The van der Waals surface area contributed by atoms with Crippen LogP contribution < -0.4 is 0 Å². The zero-order valence-electron chi connectivity index (χ0n) is 8.93. The van der Waals surface area contributed by atoms with E-state index in [4.69, 9.17) is 9.84 Å². The van der Waals surface area contributed by atoms with Gasteiger partial charge < -0.3 is 9.84 Å². The molecule has 1 saturated carbocycles. The van der Waals surface area contributed by atoms with Gasteiger partial charge in [0.15, 0.2) is 0 Å². The minimum atomic E-state index is -0.0378. The molecule has 1 fully saturated rings. The molecule has 0 heterocycles. The number of ether oxygens (including phenoxy) is 1. The molecular formula is C13H18O2. The second-order valence-electron chi connectivity index (χ2n) is 4.32. The Kier molecular flexibility index (Phi) is 3.75. The molecule has 82 valence electrons. The maximum atomic E-state index is 9.11. The summed E-state index contributed by atoms with van der Waals surface area (Å²) in [4.78, 5) is 0. The fourth-order valence-corrected chi connectivity index (χ4v) is 1.95. The first kappa shape index (κ1) is 10.7. The summed E-state index contributed by atoms with van der Waals surface area (Å²) in [6, 6.07) is 10.2. The lowest BCUT2D eigenvalue weighted by Crippen LogP contribution is -2.29. The van der Waals surface area contributed by atoms with Gasteiger partial charge >= 0.3 is 0 Å². The second-order valence-corrected chi connectivity index (χ2v) is 4.32. The number of hydrogen-bond acceptors (Lipinski definition) is 2. The van der Waals surface area contributed by atoms with Crippen molar-refractivity contribution in [3.05, 3.63) is 35.9 Å². The van der Waals surface area contributed by atoms with Crippen LogP contribution in [-0.2, 0) is 11.3 Å². The molecular weight excluding hydrogens is 188 g/mol. The molecule has 0 unspecified atom stereocenters. The van der Waals surface area contributed by atoms with Gasteiger partial charge in [-0.3, -0.25) is 0 Å². The maximum absolute atomic E-state index is 9.11. The highest BCUT2D eigenvalue weighted by Gasteiger charge is 2.26. The Labute approximate surface area is 90.9 Å². The summed E-state index contributed by atoms with van der Waals surface area (Å²) in [5.41, 5.74) is 1.23. The maximum Gasteiger partial charge on any atom is 0.0716 e. The first-order valence-electron chi connectivity index (χ1n) is 5.64. The average molecular weight is 206 g/mol. The predicted octanol–water partition coefficient (Wildman–Crippen LogP) is 2.36. The van der Waals surface area contributed by atoms with Crippen LogP contribution in [0, 0.1) is 5.92 Å². The highest BCUT2D eigenvalue weighted by Crippen LogP contribution is 2.29. The van der Waals surface area contributed by atoms with Crippen LogP contribution in [-0.4, -0.2) is 17.8 Å². The van der Waals surface area contributed by atoms with Crippen molar-refractivity contribution in [1.29, 1.82) is 0 Å². The quantitative estimate of drug-likeness (QED) is 0.749. The van der Waals surface area contributed by atoms with Crippen molar-refractivity contribution in [3.63, 3.8) is 0 Å². The Morgan fingerprint density at radius 1 is 1.20 bits per heavy atom. The van der Waals surface area contributed by atoms with Crippen molar-refractivity contribution in [3.8, 4) is 0 Å². The molecule has 1 aliphatic carbocycles. The van der Waals surface area contributed by atoms with Crippen LogP contribution in [0.5, 0.6) is 0 Å². The highest BCUT2D eigenvalue weighted by molar-refractivity contribution is 5.13. The Morgan fingerprint density at radius 3 is 2.60 bits per heavy atom. The normalized spacial score (nSPS) is 24.9. The summed E-state index contributed by atoms with van der Waals surface area (Å²) >= 11 is 0. The van der Waals surface area contributed by atoms with E-state index in [-0.39, 0.29) is 6.10 Å². The first-order valence-corrected chi connectivity index (χ1v) is 5.64. The molecule has 0 aromatic heterocycles. The highest BCUT2D eigenvalue weighted by atomic mass is 16.5. The molecule has 0 bridgehead atoms. The van der Waals surface area contributed by atoms with Crippen molar-refractivity contribution in [1.82, 2.24) is 0 Å². The van der Waals surface area contributed by atoms with Gasteiger partial charge in [-0.2, -0.15) is 0 Å². The van der Waals surface area contributed by atoms with Crippen LogP contribution in [0.1, 0.15) is 24.8 Å². The van der Waals surface area contributed by atoms with E-state index in [1.54, 1.807) is 0 Å². The van der Waals surface area contributed by atoms with Gasteiger partial charge in [-0.05, 0) is 30.7 Å². The standard InChI is InChI=1S/C13H18O2/c14-13-8-12(9-13)6-7-15-10-11-4-2-1-3-5-11/h1-5,12-14H,6-10H2/t12-,13-. The van der Waals surface area contributed by atoms with Crippen LogP contribution in [0.2, 0.25) is 0 Å². The lowest BCUT2D eigenvalue weighted by atomic mass is 9.80. The Morgan fingerprint density at radius 2 is 1.93 bits per heavy atom. The molecule has 2 nitrogen and oxygen atoms in total. The smallest absolute Gasteiger partial charge is 0.0716 e. The molecule has 0 spiro atoms. The van der Waals surface area contributed by atoms with E-state index in [1.165, 1.54) is 5.56 Å². The van der Waals surface area contributed by atoms with E-state index in [0.717, 1.165) is 25.9 Å². The van der Waals surface area contributed by atoms with Crippen molar-refractivity contribution >= 4 is 0 Å². The van der Waals surface area contributed by atoms with E-state index < -0.39 is 0 Å². The summed E-state index contributed by atoms with van der Waals surface area (Å²) in [6.45, 7) is 1.52. The van der Waals surface area contributed by atoms with Gasteiger partial charge in [0.25, 0.3) is 0 Å². The number of hydrogen-bond donors (Lipinski definition) is 1. The van der Waals surface area contributed by atoms with Crippen LogP contribution >= 0.6 is 0 Å². The molecule has 1 N–H and O–H groups in total. The number of rotatable bonds is 5. The summed E-state index contributed by atoms with van der Waals surface area (Å²) in [6.07, 6.45) is 2.98. The van der Waals surface area contributed by atoms with E-state index in [0.29, 0.717) is 12.5 Å². The topological polar surface area (TPSA) is 29.5 Å². The second kappa shape index (κ2) is 5.29. The zero-order valence-corrected chi connectivity index (χ0v) is 8.93. The van der Waals surface area contributed by atoms with Crippen LogP contribution in [0.4, 0.5) is 0 Å². The van der Waals surface area contributed by atoms with E-state index in [2.05, 4.69) is 12.1 Å². The average Bonchev–Trinajstić information content (AvgIpc) is 2.23. The number of aliphatic hydroxyl groups is 1. The largest absolute Gasteiger partial charge is 0.393 e. The minimum absolute atomic E-state index is 0.0378. The molecule has 0 atom stereocenters. The number of benzene rings is 1. The van der Waals surface area contributed by atoms with Crippen molar-refractivity contribution in [2.75, 3.05) is 6.61 Å². The Balaban J connectivity index is 1.56. The molecule has 15 heavy (non-hydrogen) atoms. The SMILES string of the molecule is O[C@H]1C[C@H](CCOCc2ccccc2)C1. The molecule has 2 heteroatoms. The molecule has 0 radical (unpaired) electrons. The fraction of sp³-hybridized carbons (Fsp3) is 0.538. The van der Waals surface area contributed by atoms with Crippen LogP contribution in [0.3, 0.4) is 0 Å². The van der Waals surface area contributed by atoms with Crippen LogP contribution in [0.25, 0.3) is 0 Å². The van der Waals surface area contributed by atoms with Gasteiger partial charge in [0.1, 0.15) is 0 Å². The van der Waals surface area contributed by atoms with Crippen molar-refractivity contribution in [2.45, 2.75) is 32.0 Å². The van der Waals surface area contributed by atoms with Gasteiger partial charge in [-0.1, -0.05) is 30.3 Å². The molecule has 0 amide bonds. The third-order valence-corrected chi connectivity index (χ3v) is 2.99. The van der Waals surface area contributed by atoms with Gasteiger partial charge in [-0.25, -0.2) is 0 Å². The Hall–Kier alpha value is -0.860. The summed E-state index contributed by atoms with van der Waals surface area (Å²) < 4.78 is 5.58. The third-order valence-electron chi connectivity index (χ3n) is 2.99. The molecule has 1 aromatic rings. The first-order chi connectivity index (χ1) is 7.34. The third kappa shape index (κ3) is 3.33. The molecule has 0 saturated heterocycles. The van der Waals surface area contributed by atoms with E-state index >= 15 is 0 Å². The lowest BCUT2D eigenvalue weighted by Gasteiger charge is -2.31. The van der Waals surface area contributed by atoms with Gasteiger partial charge in [0, 0.05) is 6.61 Å². The summed E-state index contributed by atoms with van der Waals surface area (Å²) in [5, 5.41) is 9.11. The molecule has 2 rings (SSSR count). The van der Waals surface area contributed by atoms with Crippen molar-refractivity contribution in [2.24, 2.45) is 5.92 Å². The molecule has 1 aromatic carbocycles. The Bertz CT molecular complexity index is 278.